The van der Waals surface area contributed by atoms with Crippen molar-refractivity contribution >= 4 is 32.9 Å². The van der Waals surface area contributed by atoms with E-state index >= 15 is 0 Å². The zero-order chi connectivity index (χ0) is 11.7. The molecule has 0 fully saturated rings. The zero-order valence-corrected chi connectivity index (χ0v) is 10.1. The third-order valence-corrected chi connectivity index (χ3v) is 2.82. The highest BCUT2D eigenvalue weighted by Crippen LogP contribution is 2.26. The van der Waals surface area contributed by atoms with E-state index in [0.29, 0.717) is 5.52 Å². The highest BCUT2D eigenvalue weighted by molar-refractivity contribution is 9.10. The largest absolute Gasteiger partial charge is 0.449 e. The van der Waals surface area contributed by atoms with Crippen LogP contribution in [0.4, 0.5) is 9.18 Å². The van der Waals surface area contributed by atoms with Crippen LogP contribution >= 0.6 is 15.9 Å². The van der Waals surface area contributed by atoms with E-state index in [-0.39, 0.29) is 12.4 Å². The van der Waals surface area contributed by atoms with Gasteiger partial charge in [0.15, 0.2) is 0 Å². The Hall–Kier alpha value is -1.36. The number of hydrogen-bond donors (Lipinski definition) is 0. The van der Waals surface area contributed by atoms with E-state index in [1.807, 2.05) is 0 Å². The van der Waals surface area contributed by atoms with Crippen LogP contribution in [0.15, 0.2) is 28.9 Å². The Kier molecular flexibility index (Phi) is 2.96. The SMILES string of the molecule is CCOC(=O)n1cc(Br)c2ccc(F)cc21. The second kappa shape index (κ2) is 4.25. The molecule has 0 atom stereocenters. The third-order valence-electron chi connectivity index (χ3n) is 2.18. The van der Waals surface area contributed by atoms with Gasteiger partial charge in [0.1, 0.15) is 5.82 Å². The summed E-state index contributed by atoms with van der Waals surface area (Å²) in [7, 11) is 0. The highest BCUT2D eigenvalue weighted by atomic mass is 79.9. The average molecular weight is 286 g/mol. The van der Waals surface area contributed by atoms with Crippen molar-refractivity contribution < 1.29 is 13.9 Å². The average Bonchev–Trinajstić information content (AvgIpc) is 2.56. The van der Waals surface area contributed by atoms with E-state index in [0.717, 1.165) is 9.86 Å². The fraction of sp³-hybridized carbons (Fsp3) is 0.182. The molecule has 84 valence electrons. The van der Waals surface area contributed by atoms with Gasteiger partial charge >= 0.3 is 6.09 Å². The Labute approximate surface area is 99.9 Å². The molecule has 2 rings (SSSR count). The number of hydrogen-bond acceptors (Lipinski definition) is 2. The molecule has 1 heterocycles. The van der Waals surface area contributed by atoms with Crippen LogP contribution in [0.1, 0.15) is 6.92 Å². The fourth-order valence-corrected chi connectivity index (χ4v) is 2.04. The molecule has 0 bridgehead atoms. The molecule has 1 aromatic carbocycles. The molecule has 0 aliphatic carbocycles. The van der Waals surface area contributed by atoms with Gasteiger partial charge in [-0.1, -0.05) is 0 Å². The molecule has 0 aliphatic rings. The number of carbonyl (C=O) groups is 1. The van der Waals surface area contributed by atoms with Crippen molar-refractivity contribution in [2.45, 2.75) is 6.92 Å². The summed E-state index contributed by atoms with van der Waals surface area (Å²) in [6.45, 7) is 2.00. The second-order valence-corrected chi connectivity index (χ2v) is 4.06. The van der Waals surface area contributed by atoms with Crippen molar-refractivity contribution in [3.63, 3.8) is 0 Å². The summed E-state index contributed by atoms with van der Waals surface area (Å²) in [4.78, 5) is 11.6. The summed E-state index contributed by atoms with van der Waals surface area (Å²) in [5, 5.41) is 0.773. The maximum Gasteiger partial charge on any atom is 0.418 e. The lowest BCUT2D eigenvalue weighted by atomic mass is 10.2. The first-order valence-electron chi connectivity index (χ1n) is 4.76. The van der Waals surface area contributed by atoms with Crippen LogP contribution in [0.2, 0.25) is 0 Å². The van der Waals surface area contributed by atoms with Crippen molar-refractivity contribution in [3.8, 4) is 0 Å². The van der Waals surface area contributed by atoms with Crippen molar-refractivity contribution in [1.29, 1.82) is 0 Å². The minimum absolute atomic E-state index is 0.283. The summed E-state index contributed by atoms with van der Waals surface area (Å²) in [6, 6.07) is 4.27. The first-order chi connectivity index (χ1) is 7.63. The van der Waals surface area contributed by atoms with Crippen molar-refractivity contribution in [1.82, 2.24) is 4.57 Å². The fourth-order valence-electron chi connectivity index (χ4n) is 1.50. The standard InChI is InChI=1S/C11H9BrFNO2/c1-2-16-11(15)14-6-9(12)8-4-3-7(13)5-10(8)14/h3-6H,2H2,1H3. The smallest absolute Gasteiger partial charge is 0.418 e. The van der Waals surface area contributed by atoms with E-state index < -0.39 is 6.09 Å². The number of aromatic nitrogens is 1. The third kappa shape index (κ3) is 1.82. The first-order valence-corrected chi connectivity index (χ1v) is 5.56. The van der Waals surface area contributed by atoms with Crippen LogP contribution in [-0.2, 0) is 4.74 Å². The summed E-state index contributed by atoms with van der Waals surface area (Å²) in [5.41, 5.74) is 0.491. The number of ether oxygens (including phenoxy) is 1. The minimum atomic E-state index is -0.510. The molecule has 2 aromatic rings. The van der Waals surface area contributed by atoms with Crippen molar-refractivity contribution in [3.05, 3.63) is 34.7 Å². The van der Waals surface area contributed by atoms with Crippen molar-refractivity contribution in [2.75, 3.05) is 6.61 Å². The zero-order valence-electron chi connectivity index (χ0n) is 8.54. The van der Waals surface area contributed by atoms with E-state index in [1.54, 1.807) is 19.2 Å². The molecular weight excluding hydrogens is 277 g/mol. The molecule has 0 unspecified atom stereocenters. The van der Waals surface area contributed by atoms with Gasteiger partial charge in [-0.3, -0.25) is 4.57 Å². The predicted molar refractivity (Wildman–Crippen MR) is 62.0 cm³/mol. The topological polar surface area (TPSA) is 31.2 Å². The van der Waals surface area contributed by atoms with Crippen LogP contribution in [0, 0.1) is 5.82 Å². The van der Waals surface area contributed by atoms with Crippen LogP contribution in [0.3, 0.4) is 0 Å². The first kappa shape index (κ1) is 11.1. The minimum Gasteiger partial charge on any atom is -0.449 e. The molecule has 0 radical (unpaired) electrons. The monoisotopic (exact) mass is 285 g/mol. The predicted octanol–water partition coefficient (Wildman–Crippen LogP) is 3.55. The highest BCUT2D eigenvalue weighted by Gasteiger charge is 2.13. The Morgan fingerprint density at radius 1 is 1.56 bits per heavy atom. The van der Waals surface area contributed by atoms with Crippen LogP contribution < -0.4 is 0 Å². The molecular formula is C11H9BrFNO2. The number of nitrogens with zero attached hydrogens (tertiary/aromatic N) is 1. The normalized spacial score (nSPS) is 10.7. The van der Waals surface area contributed by atoms with Gasteiger partial charge in [0.25, 0.3) is 0 Å². The summed E-state index contributed by atoms with van der Waals surface area (Å²) in [5.74, 6) is -0.386. The Morgan fingerprint density at radius 2 is 2.31 bits per heavy atom. The Balaban J connectivity index is 2.61. The van der Waals surface area contributed by atoms with Gasteiger partial charge in [-0.25, -0.2) is 9.18 Å². The van der Waals surface area contributed by atoms with Crippen LogP contribution in [0.25, 0.3) is 10.9 Å². The van der Waals surface area contributed by atoms with Gasteiger partial charge in [-0.15, -0.1) is 0 Å². The number of benzene rings is 1. The lowest BCUT2D eigenvalue weighted by Gasteiger charge is -2.03. The Morgan fingerprint density at radius 3 is 3.00 bits per heavy atom. The molecule has 5 heteroatoms. The summed E-state index contributed by atoms with van der Waals surface area (Å²) in [6.07, 6.45) is 1.06. The van der Waals surface area contributed by atoms with Crippen LogP contribution in [0.5, 0.6) is 0 Å². The van der Waals surface area contributed by atoms with E-state index in [1.165, 1.54) is 16.7 Å². The van der Waals surface area contributed by atoms with Gasteiger partial charge in [0.05, 0.1) is 12.1 Å². The van der Waals surface area contributed by atoms with Gasteiger partial charge in [-0.2, -0.15) is 0 Å². The molecule has 1 aromatic heterocycles. The Bertz CT molecular complexity index is 550. The van der Waals surface area contributed by atoms with Crippen LogP contribution in [-0.4, -0.2) is 17.3 Å². The number of carbonyl (C=O) groups excluding carboxylic acids is 1. The lowest BCUT2D eigenvalue weighted by molar-refractivity contribution is 0.155. The van der Waals surface area contributed by atoms with Crippen molar-refractivity contribution in [2.24, 2.45) is 0 Å². The number of halogens is 2. The van der Waals surface area contributed by atoms with E-state index in [9.17, 15) is 9.18 Å². The maximum atomic E-state index is 13.1. The molecule has 0 amide bonds. The molecule has 0 aliphatic heterocycles. The molecule has 0 saturated heterocycles. The second-order valence-electron chi connectivity index (χ2n) is 3.21. The lowest BCUT2D eigenvalue weighted by Crippen LogP contribution is -2.12. The molecule has 16 heavy (non-hydrogen) atoms. The molecule has 3 nitrogen and oxygen atoms in total. The maximum absolute atomic E-state index is 13.1. The van der Waals surface area contributed by atoms with Gasteiger partial charge in [-0.05, 0) is 41.1 Å². The van der Waals surface area contributed by atoms with Gasteiger partial charge in [0.2, 0.25) is 0 Å². The number of fused-ring (bicyclic) bond motifs is 1. The van der Waals surface area contributed by atoms with Gasteiger partial charge in [0, 0.05) is 16.1 Å². The van der Waals surface area contributed by atoms with E-state index in [4.69, 9.17) is 4.74 Å². The molecule has 0 N–H and O–H groups in total. The van der Waals surface area contributed by atoms with Gasteiger partial charge < -0.3 is 4.74 Å². The quantitative estimate of drug-likeness (QED) is 0.802. The summed E-state index contributed by atoms with van der Waals surface area (Å²) < 4.78 is 20.0. The molecule has 0 saturated carbocycles. The summed E-state index contributed by atoms with van der Waals surface area (Å²) >= 11 is 3.31. The number of rotatable bonds is 1. The van der Waals surface area contributed by atoms with E-state index in [2.05, 4.69) is 15.9 Å². The molecule has 0 spiro atoms.